The van der Waals surface area contributed by atoms with Gasteiger partial charge < -0.3 is 5.32 Å². The third-order valence-corrected chi connectivity index (χ3v) is 3.93. The predicted octanol–water partition coefficient (Wildman–Crippen LogP) is 1.20. The van der Waals surface area contributed by atoms with Gasteiger partial charge in [-0.15, -0.1) is 12.4 Å². The first-order valence-corrected chi connectivity index (χ1v) is 6.63. The van der Waals surface area contributed by atoms with E-state index < -0.39 is 0 Å². The highest BCUT2D eigenvalue weighted by molar-refractivity contribution is 5.85. The van der Waals surface area contributed by atoms with E-state index in [0.29, 0.717) is 0 Å². The normalized spacial score (nSPS) is 22.2. The van der Waals surface area contributed by atoms with Crippen molar-refractivity contribution in [3.63, 3.8) is 0 Å². The van der Waals surface area contributed by atoms with Crippen LogP contribution in [-0.4, -0.2) is 55.1 Å². The lowest BCUT2D eigenvalue weighted by molar-refractivity contribution is 0.0696. The van der Waals surface area contributed by atoms with E-state index >= 15 is 0 Å². The maximum Gasteiger partial charge on any atom is 0.0346 e. The minimum Gasteiger partial charge on any atom is -0.314 e. The van der Waals surface area contributed by atoms with E-state index in [0.717, 1.165) is 12.6 Å². The van der Waals surface area contributed by atoms with Crippen LogP contribution in [0.1, 0.15) is 5.56 Å². The smallest absolute Gasteiger partial charge is 0.0346 e. The molecule has 0 atom stereocenters. The summed E-state index contributed by atoms with van der Waals surface area (Å²) in [5, 5.41) is 3.35. The fourth-order valence-electron chi connectivity index (χ4n) is 2.66. The first-order valence-electron chi connectivity index (χ1n) is 6.63. The van der Waals surface area contributed by atoms with Gasteiger partial charge in [-0.25, -0.2) is 0 Å². The molecule has 100 valence electrons. The van der Waals surface area contributed by atoms with Crippen LogP contribution in [0.5, 0.6) is 0 Å². The monoisotopic (exact) mass is 267 g/mol. The van der Waals surface area contributed by atoms with Gasteiger partial charge in [-0.3, -0.25) is 9.80 Å². The minimum atomic E-state index is 0. The maximum absolute atomic E-state index is 3.35. The quantitative estimate of drug-likeness (QED) is 0.888. The van der Waals surface area contributed by atoms with E-state index in [-0.39, 0.29) is 12.4 Å². The highest BCUT2D eigenvalue weighted by atomic mass is 35.5. The zero-order valence-electron chi connectivity index (χ0n) is 10.7. The molecule has 0 radical (unpaired) electrons. The first-order chi connectivity index (χ1) is 8.42. The maximum atomic E-state index is 3.35. The van der Waals surface area contributed by atoms with Crippen LogP contribution in [0.25, 0.3) is 0 Å². The van der Waals surface area contributed by atoms with Gasteiger partial charge in [-0.05, 0) is 5.56 Å². The van der Waals surface area contributed by atoms with Crippen LogP contribution >= 0.6 is 12.4 Å². The molecule has 2 aliphatic heterocycles. The SMILES string of the molecule is Cl.c1ccc(CN2CCN(C3CNC3)CC2)cc1. The number of rotatable bonds is 3. The van der Waals surface area contributed by atoms with Gasteiger partial charge in [0.05, 0.1) is 0 Å². The van der Waals surface area contributed by atoms with Gasteiger partial charge in [0, 0.05) is 51.9 Å². The molecule has 0 amide bonds. The topological polar surface area (TPSA) is 18.5 Å². The van der Waals surface area contributed by atoms with Crippen LogP contribution in [0, 0.1) is 0 Å². The van der Waals surface area contributed by atoms with Crippen molar-refractivity contribution in [2.75, 3.05) is 39.3 Å². The lowest BCUT2D eigenvalue weighted by atomic mass is 10.1. The van der Waals surface area contributed by atoms with Gasteiger partial charge in [-0.2, -0.15) is 0 Å². The third-order valence-electron chi connectivity index (χ3n) is 3.93. The van der Waals surface area contributed by atoms with Crippen LogP contribution in [0.15, 0.2) is 30.3 Å². The molecule has 0 saturated carbocycles. The number of hydrogen-bond acceptors (Lipinski definition) is 3. The van der Waals surface area contributed by atoms with Gasteiger partial charge in [0.25, 0.3) is 0 Å². The Balaban J connectivity index is 0.00000120. The van der Waals surface area contributed by atoms with Crippen molar-refractivity contribution in [2.24, 2.45) is 0 Å². The predicted molar refractivity (Wildman–Crippen MR) is 77.2 cm³/mol. The number of halogens is 1. The number of nitrogens with zero attached hydrogens (tertiary/aromatic N) is 2. The van der Waals surface area contributed by atoms with E-state index in [4.69, 9.17) is 0 Å². The summed E-state index contributed by atoms with van der Waals surface area (Å²) >= 11 is 0. The summed E-state index contributed by atoms with van der Waals surface area (Å²) in [6, 6.07) is 11.6. The first kappa shape index (κ1) is 13.8. The zero-order chi connectivity index (χ0) is 11.5. The van der Waals surface area contributed by atoms with Gasteiger partial charge >= 0.3 is 0 Å². The average Bonchev–Trinajstić information content (AvgIpc) is 2.31. The van der Waals surface area contributed by atoms with Crippen LogP contribution in [-0.2, 0) is 6.54 Å². The van der Waals surface area contributed by atoms with Crippen LogP contribution in [0.3, 0.4) is 0 Å². The van der Waals surface area contributed by atoms with Crippen LogP contribution in [0.2, 0.25) is 0 Å². The largest absolute Gasteiger partial charge is 0.314 e. The highest BCUT2D eigenvalue weighted by Gasteiger charge is 2.27. The lowest BCUT2D eigenvalue weighted by Crippen LogP contribution is -2.61. The Hall–Kier alpha value is -0.610. The molecule has 0 unspecified atom stereocenters. The Labute approximate surface area is 116 Å². The van der Waals surface area contributed by atoms with E-state index in [2.05, 4.69) is 45.4 Å². The molecule has 18 heavy (non-hydrogen) atoms. The van der Waals surface area contributed by atoms with Crippen molar-refractivity contribution >= 4 is 12.4 Å². The molecule has 2 heterocycles. The highest BCUT2D eigenvalue weighted by Crippen LogP contribution is 2.12. The Morgan fingerprint density at radius 3 is 2.22 bits per heavy atom. The van der Waals surface area contributed by atoms with Gasteiger partial charge in [0.1, 0.15) is 0 Å². The van der Waals surface area contributed by atoms with Gasteiger partial charge in [0.2, 0.25) is 0 Å². The summed E-state index contributed by atoms with van der Waals surface area (Å²) in [6.07, 6.45) is 0. The molecule has 2 aliphatic rings. The summed E-state index contributed by atoms with van der Waals surface area (Å²) in [6.45, 7) is 8.39. The standard InChI is InChI=1S/C14H21N3.ClH/c1-2-4-13(5-3-1)12-16-6-8-17(9-7-16)14-10-15-11-14;/h1-5,14-15H,6-12H2;1H. The van der Waals surface area contributed by atoms with Crippen molar-refractivity contribution in [1.29, 1.82) is 0 Å². The summed E-state index contributed by atoms with van der Waals surface area (Å²) < 4.78 is 0. The number of benzene rings is 1. The van der Waals surface area contributed by atoms with E-state index in [1.807, 2.05) is 0 Å². The second-order valence-electron chi connectivity index (χ2n) is 5.11. The Morgan fingerprint density at radius 1 is 1.00 bits per heavy atom. The molecule has 1 aromatic rings. The van der Waals surface area contributed by atoms with Crippen molar-refractivity contribution in [3.05, 3.63) is 35.9 Å². The third kappa shape index (κ3) is 3.23. The fourth-order valence-corrected chi connectivity index (χ4v) is 2.66. The summed E-state index contributed by atoms with van der Waals surface area (Å²) in [5.41, 5.74) is 1.44. The number of hydrogen-bond donors (Lipinski definition) is 1. The van der Waals surface area contributed by atoms with Crippen LogP contribution in [0.4, 0.5) is 0 Å². The molecular weight excluding hydrogens is 246 g/mol. The summed E-state index contributed by atoms with van der Waals surface area (Å²) in [4.78, 5) is 5.20. The average molecular weight is 268 g/mol. The van der Waals surface area contributed by atoms with Crippen molar-refractivity contribution in [3.8, 4) is 0 Å². The Morgan fingerprint density at radius 2 is 1.67 bits per heavy atom. The van der Waals surface area contributed by atoms with Gasteiger partial charge in [0.15, 0.2) is 0 Å². The molecule has 4 heteroatoms. The van der Waals surface area contributed by atoms with E-state index in [9.17, 15) is 0 Å². The molecular formula is C14H22ClN3. The molecule has 0 spiro atoms. The molecule has 1 N–H and O–H groups in total. The molecule has 3 nitrogen and oxygen atoms in total. The van der Waals surface area contributed by atoms with Crippen LogP contribution < -0.4 is 5.32 Å². The molecule has 3 rings (SSSR count). The fraction of sp³-hybridized carbons (Fsp3) is 0.571. The zero-order valence-corrected chi connectivity index (χ0v) is 11.5. The van der Waals surface area contributed by atoms with Gasteiger partial charge in [-0.1, -0.05) is 30.3 Å². The second kappa shape index (κ2) is 6.53. The van der Waals surface area contributed by atoms with Crippen molar-refractivity contribution < 1.29 is 0 Å². The van der Waals surface area contributed by atoms with E-state index in [1.165, 1.54) is 44.8 Å². The molecule has 0 aliphatic carbocycles. The molecule has 0 aromatic heterocycles. The number of nitrogens with one attached hydrogen (secondary N) is 1. The van der Waals surface area contributed by atoms with Crippen molar-refractivity contribution in [1.82, 2.24) is 15.1 Å². The molecule has 2 fully saturated rings. The lowest BCUT2D eigenvalue weighted by Gasteiger charge is -2.43. The second-order valence-corrected chi connectivity index (χ2v) is 5.11. The van der Waals surface area contributed by atoms with Crippen molar-refractivity contribution in [2.45, 2.75) is 12.6 Å². The molecule has 0 bridgehead atoms. The number of piperazine rings is 1. The molecule has 2 saturated heterocycles. The summed E-state index contributed by atoms with van der Waals surface area (Å²) in [7, 11) is 0. The minimum absolute atomic E-state index is 0. The summed E-state index contributed by atoms with van der Waals surface area (Å²) in [5.74, 6) is 0. The van der Waals surface area contributed by atoms with E-state index in [1.54, 1.807) is 0 Å². The Kier molecular flexibility index (Phi) is 5.01. The molecule has 1 aromatic carbocycles. The Bertz CT molecular complexity index is 345.